The lowest BCUT2D eigenvalue weighted by Gasteiger charge is -2.15. The standard InChI is InChI=1S/C24H21F7O2/c1-22(2)17(12-19(23(26,27)28)24(29,30)31)20(22)21(32)33-13-15-8-9-18(25)16(11-15)10-14-6-4-3-5-7-14/h3-9,11-12,17,20H,10,13H2,1-2H3/t17-,20+/m0/s1. The van der Waals surface area contributed by atoms with E-state index in [1.165, 1.54) is 32.0 Å². The van der Waals surface area contributed by atoms with Crippen molar-refractivity contribution in [2.24, 2.45) is 17.3 Å². The van der Waals surface area contributed by atoms with Crippen molar-refractivity contribution in [1.29, 1.82) is 0 Å². The molecule has 0 bridgehead atoms. The van der Waals surface area contributed by atoms with Crippen molar-refractivity contribution < 1.29 is 40.3 Å². The first-order chi connectivity index (χ1) is 15.2. The van der Waals surface area contributed by atoms with Gasteiger partial charge < -0.3 is 4.74 Å². The van der Waals surface area contributed by atoms with Crippen molar-refractivity contribution >= 4 is 5.97 Å². The molecule has 9 heteroatoms. The van der Waals surface area contributed by atoms with Gasteiger partial charge in [-0.25, -0.2) is 4.39 Å². The van der Waals surface area contributed by atoms with Crippen molar-refractivity contribution in [2.75, 3.05) is 0 Å². The molecule has 2 aromatic carbocycles. The second kappa shape index (κ2) is 8.83. The molecule has 0 aliphatic heterocycles. The minimum absolute atomic E-state index is 0.0712. The normalized spacial score (nSPS) is 19.7. The number of carbonyl (C=O) groups is 1. The maximum atomic E-state index is 14.2. The molecule has 1 aliphatic rings. The number of esters is 1. The second-order valence-electron chi connectivity index (χ2n) is 8.60. The summed E-state index contributed by atoms with van der Waals surface area (Å²) in [5.74, 6) is -3.78. The van der Waals surface area contributed by atoms with E-state index in [0.29, 0.717) is 17.5 Å². The van der Waals surface area contributed by atoms with Crippen LogP contribution in [0.15, 0.2) is 60.2 Å². The number of alkyl halides is 6. The minimum Gasteiger partial charge on any atom is -0.461 e. The van der Waals surface area contributed by atoms with Gasteiger partial charge in [-0.15, -0.1) is 0 Å². The summed E-state index contributed by atoms with van der Waals surface area (Å²) in [6.07, 6.45) is -10.8. The smallest absolute Gasteiger partial charge is 0.421 e. The van der Waals surface area contributed by atoms with Crippen LogP contribution in [-0.4, -0.2) is 18.3 Å². The van der Waals surface area contributed by atoms with Gasteiger partial charge in [0.2, 0.25) is 0 Å². The lowest BCUT2D eigenvalue weighted by Crippen LogP contribution is -2.26. The molecule has 3 rings (SSSR count). The monoisotopic (exact) mass is 474 g/mol. The summed E-state index contributed by atoms with van der Waals surface area (Å²) >= 11 is 0. The van der Waals surface area contributed by atoms with Gasteiger partial charge in [0.05, 0.1) is 5.92 Å². The van der Waals surface area contributed by atoms with Gasteiger partial charge in [0, 0.05) is 6.42 Å². The third-order valence-electron chi connectivity index (χ3n) is 5.85. The molecule has 0 amide bonds. The van der Waals surface area contributed by atoms with E-state index in [1.54, 1.807) is 0 Å². The predicted octanol–water partition coefficient (Wildman–Crippen LogP) is 6.78. The van der Waals surface area contributed by atoms with Crippen molar-refractivity contribution in [2.45, 2.75) is 39.2 Å². The molecule has 1 saturated carbocycles. The summed E-state index contributed by atoms with van der Waals surface area (Å²) in [7, 11) is 0. The molecule has 33 heavy (non-hydrogen) atoms. The molecular weight excluding hydrogens is 453 g/mol. The number of carbonyl (C=O) groups excluding carboxylic acids is 1. The summed E-state index contributed by atoms with van der Waals surface area (Å²) in [4.78, 5) is 12.4. The molecule has 0 radical (unpaired) electrons. The number of ether oxygens (including phenoxy) is 1. The van der Waals surface area contributed by atoms with Crippen LogP contribution in [0.1, 0.15) is 30.5 Å². The Hall–Kier alpha value is -2.84. The average Bonchev–Trinajstić information content (AvgIpc) is 3.25. The third-order valence-corrected chi connectivity index (χ3v) is 5.85. The van der Waals surface area contributed by atoms with Crippen LogP contribution in [0.25, 0.3) is 0 Å². The largest absolute Gasteiger partial charge is 0.461 e. The van der Waals surface area contributed by atoms with Gasteiger partial charge in [-0.05, 0) is 40.2 Å². The number of hydrogen-bond donors (Lipinski definition) is 0. The molecule has 178 valence electrons. The minimum atomic E-state index is -5.59. The number of halogens is 7. The zero-order valence-corrected chi connectivity index (χ0v) is 17.7. The lowest BCUT2D eigenvalue weighted by molar-refractivity contribution is -0.172. The van der Waals surface area contributed by atoms with E-state index in [-0.39, 0.29) is 12.7 Å². The molecule has 0 N–H and O–H groups in total. The van der Waals surface area contributed by atoms with E-state index in [1.807, 2.05) is 30.3 Å². The van der Waals surface area contributed by atoms with E-state index in [0.717, 1.165) is 5.56 Å². The summed E-state index contributed by atoms with van der Waals surface area (Å²) in [6.45, 7) is 2.52. The Labute approximate surface area is 186 Å². The van der Waals surface area contributed by atoms with Crippen LogP contribution >= 0.6 is 0 Å². The molecule has 0 saturated heterocycles. The Morgan fingerprint density at radius 2 is 1.58 bits per heavy atom. The first kappa shape index (κ1) is 24.8. The van der Waals surface area contributed by atoms with E-state index < -0.39 is 47.0 Å². The van der Waals surface area contributed by atoms with Gasteiger partial charge in [-0.2, -0.15) is 26.3 Å². The van der Waals surface area contributed by atoms with Gasteiger partial charge >= 0.3 is 18.3 Å². The van der Waals surface area contributed by atoms with Crippen molar-refractivity contribution in [3.63, 3.8) is 0 Å². The van der Waals surface area contributed by atoms with Gasteiger partial charge in [0.15, 0.2) is 0 Å². The summed E-state index contributed by atoms with van der Waals surface area (Å²) in [6, 6.07) is 13.2. The highest BCUT2D eigenvalue weighted by Crippen LogP contribution is 2.61. The molecular formula is C24H21F7O2. The fourth-order valence-corrected chi connectivity index (χ4v) is 3.88. The molecule has 1 fully saturated rings. The molecule has 2 aromatic rings. The number of benzene rings is 2. The van der Waals surface area contributed by atoms with Crippen molar-refractivity contribution in [3.8, 4) is 0 Å². The number of hydrogen-bond acceptors (Lipinski definition) is 2. The Morgan fingerprint density at radius 1 is 0.970 bits per heavy atom. The Morgan fingerprint density at radius 3 is 2.15 bits per heavy atom. The highest BCUT2D eigenvalue weighted by molar-refractivity contribution is 5.78. The predicted molar refractivity (Wildman–Crippen MR) is 106 cm³/mol. The highest BCUT2D eigenvalue weighted by Gasteiger charge is 2.63. The van der Waals surface area contributed by atoms with Crippen LogP contribution in [0, 0.1) is 23.1 Å². The molecule has 1 aliphatic carbocycles. The molecule has 0 aromatic heterocycles. The van der Waals surface area contributed by atoms with Crippen LogP contribution in [0.3, 0.4) is 0 Å². The van der Waals surface area contributed by atoms with Gasteiger partial charge in [0.1, 0.15) is 18.0 Å². The zero-order valence-electron chi connectivity index (χ0n) is 17.7. The first-order valence-corrected chi connectivity index (χ1v) is 10.1. The Kier molecular flexibility index (Phi) is 6.64. The lowest BCUT2D eigenvalue weighted by atomic mass is 10.0. The van der Waals surface area contributed by atoms with Crippen LogP contribution in [0.5, 0.6) is 0 Å². The van der Waals surface area contributed by atoms with Crippen LogP contribution in [-0.2, 0) is 22.6 Å². The zero-order chi connectivity index (χ0) is 24.6. The Bertz CT molecular complexity index is 1020. The van der Waals surface area contributed by atoms with Gasteiger partial charge in [-0.3, -0.25) is 4.79 Å². The summed E-state index contributed by atoms with van der Waals surface area (Å²) in [5, 5.41) is 0. The van der Waals surface area contributed by atoms with E-state index in [4.69, 9.17) is 4.74 Å². The van der Waals surface area contributed by atoms with Crippen LogP contribution in [0.2, 0.25) is 0 Å². The van der Waals surface area contributed by atoms with E-state index in [2.05, 4.69) is 0 Å². The fourth-order valence-electron chi connectivity index (χ4n) is 3.88. The second-order valence-corrected chi connectivity index (χ2v) is 8.60. The topological polar surface area (TPSA) is 26.3 Å². The quantitative estimate of drug-likeness (QED) is 0.262. The molecule has 0 spiro atoms. The fraction of sp³-hybridized carbons (Fsp3) is 0.375. The van der Waals surface area contributed by atoms with Gasteiger partial charge in [0.25, 0.3) is 0 Å². The third kappa shape index (κ3) is 5.75. The van der Waals surface area contributed by atoms with E-state index in [9.17, 15) is 35.5 Å². The highest BCUT2D eigenvalue weighted by atomic mass is 19.4. The maximum absolute atomic E-state index is 14.2. The van der Waals surface area contributed by atoms with Gasteiger partial charge in [-0.1, -0.05) is 56.3 Å². The van der Waals surface area contributed by atoms with Crippen molar-refractivity contribution in [1.82, 2.24) is 0 Å². The van der Waals surface area contributed by atoms with Crippen molar-refractivity contribution in [3.05, 3.63) is 82.7 Å². The summed E-state index contributed by atoms with van der Waals surface area (Å²) in [5.41, 5.74) is -2.08. The first-order valence-electron chi connectivity index (χ1n) is 10.1. The summed E-state index contributed by atoms with van der Waals surface area (Å²) < 4.78 is 96.4. The SMILES string of the molecule is CC1(C)[C@@H](C=C(C(F)(F)F)C(F)(F)F)[C@@H]1C(=O)OCc1ccc(F)c(Cc2ccccc2)c1. The molecule has 0 unspecified atom stereocenters. The van der Waals surface area contributed by atoms with Crippen LogP contribution < -0.4 is 0 Å². The van der Waals surface area contributed by atoms with Crippen LogP contribution in [0.4, 0.5) is 30.7 Å². The molecule has 2 atom stereocenters. The maximum Gasteiger partial charge on any atom is 0.421 e. The Balaban J connectivity index is 1.70. The number of allylic oxidation sites excluding steroid dienone is 2. The molecule has 2 nitrogen and oxygen atoms in total. The van der Waals surface area contributed by atoms with E-state index >= 15 is 0 Å². The number of rotatable bonds is 6. The average molecular weight is 474 g/mol. The molecule has 0 heterocycles.